The lowest BCUT2D eigenvalue weighted by atomic mass is 10.3. The van der Waals surface area contributed by atoms with Gasteiger partial charge in [0.2, 0.25) is 10.0 Å². The summed E-state index contributed by atoms with van der Waals surface area (Å²) in [7, 11) is -0.197. The summed E-state index contributed by atoms with van der Waals surface area (Å²) in [6.45, 7) is 0.151. The normalized spacial score (nSPS) is 11.5. The van der Waals surface area contributed by atoms with E-state index in [0.29, 0.717) is 11.6 Å². The molecule has 0 unspecified atom stereocenters. The molecule has 0 spiro atoms. The fraction of sp³-hybridized carbons (Fsp3) is 0.250. The average molecular weight is 281 g/mol. The second kappa shape index (κ2) is 5.41. The Balaban J connectivity index is 2.11. The van der Waals surface area contributed by atoms with E-state index in [1.165, 1.54) is 19.2 Å². The van der Waals surface area contributed by atoms with Crippen LogP contribution in [-0.2, 0) is 23.6 Å². The van der Waals surface area contributed by atoms with Crippen LogP contribution >= 0.6 is 0 Å². The van der Waals surface area contributed by atoms with Crippen molar-refractivity contribution in [1.29, 1.82) is 0 Å². The zero-order chi connectivity index (χ0) is 13.9. The third-order valence-corrected chi connectivity index (χ3v) is 4.13. The van der Waals surface area contributed by atoms with Gasteiger partial charge in [0.15, 0.2) is 0 Å². The molecule has 102 valence electrons. The fourth-order valence-corrected chi connectivity index (χ4v) is 2.54. The number of imidazole rings is 1. The molecule has 7 heteroatoms. The second-order valence-electron chi connectivity index (χ2n) is 3.95. The van der Waals surface area contributed by atoms with Crippen molar-refractivity contribution in [2.75, 3.05) is 7.11 Å². The highest BCUT2D eigenvalue weighted by molar-refractivity contribution is 7.89. The molecular formula is C12H15N3O3S. The minimum absolute atomic E-state index is 0.151. The van der Waals surface area contributed by atoms with Crippen LogP contribution in [0.4, 0.5) is 0 Å². The number of aromatic nitrogens is 2. The van der Waals surface area contributed by atoms with E-state index in [1.54, 1.807) is 29.1 Å². The summed E-state index contributed by atoms with van der Waals surface area (Å²) in [5.74, 6) is 1.26. The van der Waals surface area contributed by atoms with Gasteiger partial charge in [-0.05, 0) is 24.3 Å². The molecule has 0 bridgehead atoms. The van der Waals surface area contributed by atoms with E-state index in [-0.39, 0.29) is 11.4 Å². The predicted octanol–water partition coefficient (Wildman–Crippen LogP) is 0.907. The second-order valence-corrected chi connectivity index (χ2v) is 5.72. The van der Waals surface area contributed by atoms with Gasteiger partial charge in [0.25, 0.3) is 0 Å². The Morgan fingerprint density at radius 2 is 2.00 bits per heavy atom. The maximum atomic E-state index is 12.0. The van der Waals surface area contributed by atoms with Crippen molar-refractivity contribution in [1.82, 2.24) is 14.3 Å². The van der Waals surface area contributed by atoms with Crippen LogP contribution in [0.5, 0.6) is 5.75 Å². The lowest BCUT2D eigenvalue weighted by Crippen LogP contribution is -2.24. The Hall–Kier alpha value is -1.86. The van der Waals surface area contributed by atoms with Crippen molar-refractivity contribution in [3.05, 3.63) is 42.5 Å². The minimum atomic E-state index is -3.54. The SMILES string of the molecule is COc1ccc(S(=O)(=O)NCc2nccn2C)cc1. The topological polar surface area (TPSA) is 73.2 Å². The molecule has 0 saturated carbocycles. The Labute approximate surface area is 112 Å². The zero-order valence-electron chi connectivity index (χ0n) is 10.7. The van der Waals surface area contributed by atoms with Crippen LogP contribution in [0.2, 0.25) is 0 Å². The standard InChI is InChI=1S/C12H15N3O3S/c1-15-8-7-13-12(15)9-14-19(16,17)11-5-3-10(18-2)4-6-11/h3-8,14H,9H2,1-2H3. The van der Waals surface area contributed by atoms with Gasteiger partial charge in [0, 0.05) is 19.4 Å². The van der Waals surface area contributed by atoms with Crippen LogP contribution in [0.1, 0.15) is 5.82 Å². The van der Waals surface area contributed by atoms with Crippen molar-refractivity contribution in [3.8, 4) is 5.75 Å². The zero-order valence-corrected chi connectivity index (χ0v) is 11.5. The number of benzene rings is 1. The van der Waals surface area contributed by atoms with Gasteiger partial charge < -0.3 is 9.30 Å². The van der Waals surface area contributed by atoms with Crippen LogP contribution in [0.25, 0.3) is 0 Å². The van der Waals surface area contributed by atoms with E-state index in [4.69, 9.17) is 4.74 Å². The first-order valence-electron chi connectivity index (χ1n) is 5.63. The van der Waals surface area contributed by atoms with Gasteiger partial charge >= 0.3 is 0 Å². The fourth-order valence-electron chi connectivity index (χ4n) is 1.56. The molecule has 0 fully saturated rings. The van der Waals surface area contributed by atoms with E-state index in [2.05, 4.69) is 9.71 Å². The van der Waals surface area contributed by atoms with Crippen molar-refractivity contribution < 1.29 is 13.2 Å². The molecule has 2 aromatic rings. The molecule has 0 saturated heterocycles. The number of aryl methyl sites for hydroxylation is 1. The number of ether oxygens (including phenoxy) is 1. The van der Waals surface area contributed by atoms with E-state index in [1.807, 2.05) is 7.05 Å². The minimum Gasteiger partial charge on any atom is -0.497 e. The number of sulfonamides is 1. The summed E-state index contributed by atoms with van der Waals surface area (Å²) in [4.78, 5) is 4.25. The predicted molar refractivity (Wildman–Crippen MR) is 70.2 cm³/mol. The first kappa shape index (κ1) is 13.6. The van der Waals surface area contributed by atoms with Gasteiger partial charge in [-0.1, -0.05) is 0 Å². The molecule has 1 aromatic carbocycles. The molecule has 1 heterocycles. The Kier molecular flexibility index (Phi) is 3.87. The maximum Gasteiger partial charge on any atom is 0.240 e. The molecule has 0 aliphatic heterocycles. The van der Waals surface area contributed by atoms with Crippen LogP contribution in [0.3, 0.4) is 0 Å². The molecule has 0 atom stereocenters. The largest absolute Gasteiger partial charge is 0.497 e. The summed E-state index contributed by atoms with van der Waals surface area (Å²) in [6, 6.07) is 6.21. The van der Waals surface area contributed by atoms with Gasteiger partial charge in [0.05, 0.1) is 18.6 Å². The van der Waals surface area contributed by atoms with Gasteiger partial charge in [0.1, 0.15) is 11.6 Å². The summed E-state index contributed by atoms with van der Waals surface area (Å²) in [5.41, 5.74) is 0. The Morgan fingerprint density at radius 3 is 2.53 bits per heavy atom. The monoisotopic (exact) mass is 281 g/mol. The highest BCUT2D eigenvalue weighted by atomic mass is 32.2. The van der Waals surface area contributed by atoms with Crippen molar-refractivity contribution >= 4 is 10.0 Å². The summed E-state index contributed by atoms with van der Waals surface area (Å²) >= 11 is 0. The van der Waals surface area contributed by atoms with Crippen molar-refractivity contribution in [2.24, 2.45) is 7.05 Å². The number of nitrogens with zero attached hydrogens (tertiary/aromatic N) is 2. The quantitative estimate of drug-likeness (QED) is 0.884. The average Bonchev–Trinajstić information content (AvgIpc) is 2.82. The molecule has 0 amide bonds. The van der Waals surface area contributed by atoms with Crippen LogP contribution in [0.15, 0.2) is 41.6 Å². The summed E-state index contributed by atoms with van der Waals surface area (Å²) in [6.07, 6.45) is 3.38. The van der Waals surface area contributed by atoms with Crippen LogP contribution in [0, 0.1) is 0 Å². The molecule has 0 aliphatic carbocycles. The molecule has 19 heavy (non-hydrogen) atoms. The molecular weight excluding hydrogens is 266 g/mol. The van der Waals surface area contributed by atoms with Crippen molar-refractivity contribution in [3.63, 3.8) is 0 Å². The molecule has 0 radical (unpaired) electrons. The highest BCUT2D eigenvalue weighted by Crippen LogP contribution is 2.15. The molecule has 1 N–H and O–H groups in total. The first-order chi connectivity index (χ1) is 9.03. The molecule has 2 rings (SSSR count). The lowest BCUT2D eigenvalue weighted by Gasteiger charge is -2.07. The summed E-state index contributed by atoms with van der Waals surface area (Å²) in [5, 5.41) is 0. The van der Waals surface area contributed by atoms with Gasteiger partial charge in [-0.25, -0.2) is 18.1 Å². The first-order valence-corrected chi connectivity index (χ1v) is 7.11. The van der Waals surface area contributed by atoms with E-state index in [0.717, 1.165) is 0 Å². The molecule has 6 nitrogen and oxygen atoms in total. The van der Waals surface area contributed by atoms with Gasteiger partial charge in [-0.3, -0.25) is 0 Å². The van der Waals surface area contributed by atoms with Crippen molar-refractivity contribution in [2.45, 2.75) is 11.4 Å². The smallest absolute Gasteiger partial charge is 0.240 e. The molecule has 0 aliphatic rings. The summed E-state index contributed by atoms with van der Waals surface area (Å²) < 4.78 is 33.4. The van der Waals surface area contributed by atoms with E-state index in [9.17, 15) is 8.42 Å². The lowest BCUT2D eigenvalue weighted by molar-refractivity contribution is 0.414. The van der Waals surface area contributed by atoms with Gasteiger partial charge in [-0.2, -0.15) is 0 Å². The Morgan fingerprint density at radius 1 is 1.32 bits per heavy atom. The number of methoxy groups -OCH3 is 1. The third-order valence-electron chi connectivity index (χ3n) is 2.71. The number of nitrogens with one attached hydrogen (secondary N) is 1. The third kappa shape index (κ3) is 3.12. The molecule has 1 aromatic heterocycles. The van der Waals surface area contributed by atoms with E-state index >= 15 is 0 Å². The number of hydrogen-bond donors (Lipinski definition) is 1. The van der Waals surface area contributed by atoms with Crippen LogP contribution in [-0.4, -0.2) is 25.1 Å². The van der Waals surface area contributed by atoms with Crippen LogP contribution < -0.4 is 9.46 Å². The van der Waals surface area contributed by atoms with E-state index < -0.39 is 10.0 Å². The Bertz CT molecular complexity index is 647. The highest BCUT2D eigenvalue weighted by Gasteiger charge is 2.14. The van der Waals surface area contributed by atoms with Gasteiger partial charge in [-0.15, -0.1) is 0 Å². The maximum absolute atomic E-state index is 12.0. The number of hydrogen-bond acceptors (Lipinski definition) is 4. The number of rotatable bonds is 5.